The molecular formula is C21H25N5O. The van der Waals surface area contributed by atoms with Crippen molar-refractivity contribution in [2.75, 3.05) is 23.8 Å². The van der Waals surface area contributed by atoms with Crippen molar-refractivity contribution in [1.29, 1.82) is 0 Å². The molecule has 3 aromatic rings. The molecule has 140 valence electrons. The van der Waals surface area contributed by atoms with E-state index in [1.54, 1.807) is 12.5 Å². The standard InChI is InChI=1S/C21H25N5O/c1-17(25(2)20-9-4-3-5-10-20)14-23-21(27)24-19-8-6-7-18(13-19)15-26-12-11-22-16-26/h3-13,16-17H,14-15H2,1-2H3,(H2,23,24,27)/t17-/m1/s1. The SMILES string of the molecule is C[C@H](CNC(=O)Nc1cccc(Cn2ccnc2)c1)N(C)c1ccccc1. The maximum Gasteiger partial charge on any atom is 0.319 e. The minimum atomic E-state index is -0.205. The molecule has 0 radical (unpaired) electrons. The monoisotopic (exact) mass is 363 g/mol. The number of nitrogens with zero attached hydrogens (tertiary/aromatic N) is 3. The highest BCUT2D eigenvalue weighted by atomic mass is 16.2. The first-order chi connectivity index (χ1) is 13.1. The van der Waals surface area contributed by atoms with Gasteiger partial charge in [0.1, 0.15) is 0 Å². The van der Waals surface area contributed by atoms with Gasteiger partial charge >= 0.3 is 6.03 Å². The quantitative estimate of drug-likeness (QED) is 0.674. The van der Waals surface area contributed by atoms with Gasteiger partial charge in [-0.05, 0) is 36.8 Å². The molecule has 0 saturated heterocycles. The van der Waals surface area contributed by atoms with Crippen LogP contribution >= 0.6 is 0 Å². The highest BCUT2D eigenvalue weighted by Crippen LogP contribution is 2.14. The molecule has 2 N–H and O–H groups in total. The number of hydrogen-bond acceptors (Lipinski definition) is 3. The van der Waals surface area contributed by atoms with Gasteiger partial charge in [0.25, 0.3) is 0 Å². The number of amides is 2. The lowest BCUT2D eigenvalue weighted by atomic mass is 10.2. The van der Waals surface area contributed by atoms with E-state index in [1.807, 2.05) is 60.3 Å². The van der Waals surface area contributed by atoms with Crippen LogP contribution in [-0.4, -0.2) is 35.2 Å². The predicted octanol–water partition coefficient (Wildman–Crippen LogP) is 3.58. The van der Waals surface area contributed by atoms with Crippen molar-refractivity contribution >= 4 is 17.4 Å². The van der Waals surface area contributed by atoms with Gasteiger partial charge in [-0.2, -0.15) is 0 Å². The Balaban J connectivity index is 1.50. The highest BCUT2D eigenvalue weighted by molar-refractivity contribution is 5.89. The van der Waals surface area contributed by atoms with Crippen molar-refractivity contribution in [3.63, 3.8) is 0 Å². The molecule has 0 aliphatic heterocycles. The Morgan fingerprint density at radius 2 is 2.00 bits per heavy atom. The largest absolute Gasteiger partial charge is 0.370 e. The molecule has 0 aliphatic rings. The Morgan fingerprint density at radius 1 is 1.19 bits per heavy atom. The molecule has 2 aromatic carbocycles. The second-order valence-electron chi connectivity index (χ2n) is 6.57. The molecule has 3 rings (SSSR count). The highest BCUT2D eigenvalue weighted by Gasteiger charge is 2.11. The minimum absolute atomic E-state index is 0.172. The molecule has 0 unspecified atom stereocenters. The van der Waals surface area contributed by atoms with Gasteiger partial charge in [-0.1, -0.05) is 30.3 Å². The van der Waals surface area contributed by atoms with Gasteiger partial charge in [-0.15, -0.1) is 0 Å². The predicted molar refractivity (Wildman–Crippen MR) is 109 cm³/mol. The average Bonchev–Trinajstić information content (AvgIpc) is 3.19. The second kappa shape index (κ2) is 8.89. The molecule has 0 aliphatic carbocycles. The molecular weight excluding hydrogens is 338 g/mol. The number of benzene rings is 2. The van der Waals surface area contributed by atoms with E-state index >= 15 is 0 Å². The first kappa shape index (κ1) is 18.5. The van der Waals surface area contributed by atoms with E-state index < -0.39 is 0 Å². The summed E-state index contributed by atoms with van der Waals surface area (Å²) < 4.78 is 1.99. The van der Waals surface area contributed by atoms with E-state index in [0.29, 0.717) is 6.54 Å². The number of carbonyl (C=O) groups is 1. The van der Waals surface area contributed by atoms with Crippen LogP contribution in [0, 0.1) is 0 Å². The van der Waals surface area contributed by atoms with Crippen LogP contribution < -0.4 is 15.5 Å². The number of imidazole rings is 1. The van der Waals surface area contributed by atoms with Crippen molar-refractivity contribution in [3.05, 3.63) is 78.9 Å². The van der Waals surface area contributed by atoms with Crippen LogP contribution in [0.1, 0.15) is 12.5 Å². The lowest BCUT2D eigenvalue weighted by molar-refractivity contribution is 0.251. The molecule has 0 bridgehead atoms. The van der Waals surface area contributed by atoms with Gasteiger partial charge in [0.2, 0.25) is 0 Å². The normalized spacial score (nSPS) is 11.6. The first-order valence-electron chi connectivity index (χ1n) is 8.99. The van der Waals surface area contributed by atoms with Crippen LogP contribution in [0.3, 0.4) is 0 Å². The number of nitrogens with one attached hydrogen (secondary N) is 2. The number of anilines is 2. The summed E-state index contributed by atoms with van der Waals surface area (Å²) in [5.41, 5.74) is 3.00. The van der Waals surface area contributed by atoms with Crippen LogP contribution in [0.5, 0.6) is 0 Å². The Hall–Kier alpha value is -3.28. The molecule has 6 heteroatoms. The average molecular weight is 363 g/mol. The Kier molecular flexibility index (Phi) is 6.10. The summed E-state index contributed by atoms with van der Waals surface area (Å²) >= 11 is 0. The van der Waals surface area contributed by atoms with E-state index in [4.69, 9.17) is 0 Å². The minimum Gasteiger partial charge on any atom is -0.370 e. The maximum absolute atomic E-state index is 12.2. The van der Waals surface area contributed by atoms with E-state index in [1.165, 1.54) is 0 Å². The van der Waals surface area contributed by atoms with Gasteiger partial charge in [0.15, 0.2) is 0 Å². The van der Waals surface area contributed by atoms with Crippen molar-refractivity contribution < 1.29 is 4.79 Å². The lowest BCUT2D eigenvalue weighted by Crippen LogP contribution is -2.41. The number of hydrogen-bond donors (Lipinski definition) is 2. The Morgan fingerprint density at radius 3 is 2.74 bits per heavy atom. The van der Waals surface area contributed by atoms with Crippen LogP contribution in [0.4, 0.5) is 16.2 Å². The fourth-order valence-corrected chi connectivity index (χ4v) is 2.81. The zero-order valence-corrected chi connectivity index (χ0v) is 15.7. The van der Waals surface area contributed by atoms with Crippen LogP contribution in [0.25, 0.3) is 0 Å². The fraction of sp³-hybridized carbons (Fsp3) is 0.238. The summed E-state index contributed by atoms with van der Waals surface area (Å²) in [6.07, 6.45) is 5.44. The summed E-state index contributed by atoms with van der Waals surface area (Å²) in [6.45, 7) is 3.35. The van der Waals surface area contributed by atoms with Crippen molar-refractivity contribution in [2.45, 2.75) is 19.5 Å². The fourth-order valence-electron chi connectivity index (χ4n) is 2.81. The third-order valence-corrected chi connectivity index (χ3v) is 4.49. The Labute approximate surface area is 159 Å². The number of urea groups is 1. The summed E-state index contributed by atoms with van der Waals surface area (Å²) in [5, 5.41) is 5.84. The number of likely N-dealkylation sites (N-methyl/N-ethyl adjacent to an activating group) is 1. The first-order valence-corrected chi connectivity index (χ1v) is 8.99. The number of aromatic nitrogens is 2. The molecule has 6 nitrogen and oxygen atoms in total. The number of rotatable bonds is 7. The van der Waals surface area contributed by atoms with Gasteiger partial charge in [0.05, 0.1) is 6.33 Å². The summed E-state index contributed by atoms with van der Waals surface area (Å²) in [7, 11) is 2.03. The molecule has 1 aromatic heterocycles. The second-order valence-corrected chi connectivity index (χ2v) is 6.57. The topological polar surface area (TPSA) is 62.2 Å². The van der Waals surface area contributed by atoms with Gasteiger partial charge in [-0.3, -0.25) is 0 Å². The summed E-state index contributed by atoms with van der Waals surface area (Å²) in [4.78, 5) is 18.4. The summed E-state index contributed by atoms with van der Waals surface area (Å²) in [5.74, 6) is 0. The zero-order valence-electron chi connectivity index (χ0n) is 15.7. The van der Waals surface area contributed by atoms with E-state index in [2.05, 4.69) is 39.6 Å². The molecule has 0 saturated carbocycles. The summed E-state index contributed by atoms with van der Waals surface area (Å²) in [6, 6.07) is 17.9. The van der Waals surface area contributed by atoms with Gasteiger partial charge in [-0.25, -0.2) is 9.78 Å². The van der Waals surface area contributed by atoms with Crippen molar-refractivity contribution in [2.24, 2.45) is 0 Å². The lowest BCUT2D eigenvalue weighted by Gasteiger charge is -2.27. The van der Waals surface area contributed by atoms with E-state index in [9.17, 15) is 4.79 Å². The van der Waals surface area contributed by atoms with Crippen LogP contribution in [0.15, 0.2) is 73.3 Å². The molecule has 1 atom stereocenters. The van der Waals surface area contributed by atoms with Crippen LogP contribution in [0.2, 0.25) is 0 Å². The molecule has 1 heterocycles. The molecule has 0 fully saturated rings. The van der Waals surface area contributed by atoms with Crippen molar-refractivity contribution in [3.8, 4) is 0 Å². The van der Waals surface area contributed by atoms with Crippen molar-refractivity contribution in [1.82, 2.24) is 14.9 Å². The third-order valence-electron chi connectivity index (χ3n) is 4.49. The molecule has 0 spiro atoms. The number of para-hydroxylation sites is 1. The van der Waals surface area contributed by atoms with E-state index in [-0.39, 0.29) is 12.1 Å². The maximum atomic E-state index is 12.2. The van der Waals surface area contributed by atoms with Crippen LogP contribution in [-0.2, 0) is 6.54 Å². The van der Waals surface area contributed by atoms with E-state index in [0.717, 1.165) is 23.5 Å². The third kappa shape index (κ3) is 5.34. The van der Waals surface area contributed by atoms with Gasteiger partial charge < -0.3 is 20.1 Å². The molecule has 2 amide bonds. The smallest absolute Gasteiger partial charge is 0.319 e. The Bertz CT molecular complexity index is 848. The molecule has 27 heavy (non-hydrogen) atoms. The number of carbonyl (C=O) groups excluding carboxylic acids is 1. The van der Waals surface area contributed by atoms with Gasteiger partial charge in [0, 0.05) is 49.9 Å². The zero-order chi connectivity index (χ0) is 19.1.